The van der Waals surface area contributed by atoms with Crippen LogP contribution >= 0.6 is 0 Å². The van der Waals surface area contributed by atoms with Crippen LogP contribution in [0.5, 0.6) is 0 Å². The maximum atomic E-state index is 11.6. The topological polar surface area (TPSA) is 86.9 Å². The number of piperazine rings is 1. The minimum Gasteiger partial charge on any atom is -0.476 e. The maximum absolute atomic E-state index is 11.6. The Morgan fingerprint density at radius 1 is 1.08 bits per heavy atom. The fourth-order valence-corrected chi connectivity index (χ4v) is 3.14. The van der Waals surface area contributed by atoms with Crippen LogP contribution in [0.15, 0.2) is 42.9 Å². The number of pyridine rings is 1. The Balaban J connectivity index is 1.51. The standard InChI is InChI=1S/C17H18N6O2/c24-16(25)15-13(23-7-2-1-4-14(23)20-15)12-21-8-10-22(11-9-21)17-18-5-3-6-19-17/h1-7H,8-12H2,(H,24,25). The van der Waals surface area contributed by atoms with Gasteiger partial charge in [0, 0.05) is 51.3 Å². The number of carboxylic acid groups (broad SMARTS) is 1. The van der Waals surface area contributed by atoms with Crippen LogP contribution in [0.2, 0.25) is 0 Å². The molecule has 3 aromatic rings. The maximum Gasteiger partial charge on any atom is 0.356 e. The summed E-state index contributed by atoms with van der Waals surface area (Å²) in [4.78, 5) is 28.7. The van der Waals surface area contributed by atoms with Gasteiger partial charge in [0.1, 0.15) is 5.65 Å². The summed E-state index contributed by atoms with van der Waals surface area (Å²) in [7, 11) is 0. The molecule has 1 fully saturated rings. The van der Waals surface area contributed by atoms with Crippen molar-refractivity contribution in [2.24, 2.45) is 0 Å². The van der Waals surface area contributed by atoms with Crippen LogP contribution in [0.4, 0.5) is 5.95 Å². The molecule has 3 aromatic heterocycles. The fraction of sp³-hybridized carbons (Fsp3) is 0.294. The molecule has 8 nitrogen and oxygen atoms in total. The second-order valence-corrected chi connectivity index (χ2v) is 5.95. The van der Waals surface area contributed by atoms with Crippen LogP contribution in [-0.2, 0) is 6.54 Å². The van der Waals surface area contributed by atoms with Crippen LogP contribution in [0.25, 0.3) is 5.65 Å². The first-order valence-electron chi connectivity index (χ1n) is 8.16. The summed E-state index contributed by atoms with van der Waals surface area (Å²) < 4.78 is 1.86. The third-order valence-electron chi connectivity index (χ3n) is 4.41. The number of carboxylic acids is 1. The second kappa shape index (κ2) is 6.48. The Morgan fingerprint density at radius 2 is 1.84 bits per heavy atom. The van der Waals surface area contributed by atoms with Gasteiger partial charge in [-0.25, -0.2) is 19.7 Å². The highest BCUT2D eigenvalue weighted by molar-refractivity contribution is 5.88. The fourth-order valence-electron chi connectivity index (χ4n) is 3.14. The third kappa shape index (κ3) is 3.03. The van der Waals surface area contributed by atoms with E-state index in [-0.39, 0.29) is 5.69 Å². The van der Waals surface area contributed by atoms with Crippen molar-refractivity contribution >= 4 is 17.6 Å². The Kier molecular flexibility index (Phi) is 4.02. The summed E-state index contributed by atoms with van der Waals surface area (Å²) in [6.45, 7) is 3.80. The van der Waals surface area contributed by atoms with Gasteiger partial charge in [-0.15, -0.1) is 0 Å². The van der Waals surface area contributed by atoms with Crippen LogP contribution in [0.1, 0.15) is 16.2 Å². The summed E-state index contributed by atoms with van der Waals surface area (Å²) in [5.41, 5.74) is 1.50. The highest BCUT2D eigenvalue weighted by atomic mass is 16.4. The van der Waals surface area contributed by atoms with Gasteiger partial charge >= 0.3 is 5.97 Å². The van der Waals surface area contributed by atoms with Gasteiger partial charge in [-0.2, -0.15) is 0 Å². The number of imidazole rings is 1. The summed E-state index contributed by atoms with van der Waals surface area (Å²) in [5, 5.41) is 9.47. The van der Waals surface area contributed by atoms with E-state index in [0.717, 1.165) is 32.1 Å². The lowest BCUT2D eigenvalue weighted by Crippen LogP contribution is -2.46. The quantitative estimate of drug-likeness (QED) is 0.763. The summed E-state index contributed by atoms with van der Waals surface area (Å²) in [6.07, 6.45) is 5.34. The SMILES string of the molecule is O=C(O)c1nc2ccccn2c1CN1CCN(c2ncccn2)CC1. The second-order valence-electron chi connectivity index (χ2n) is 5.95. The Hall–Kier alpha value is -3.00. The van der Waals surface area contributed by atoms with Crippen molar-refractivity contribution in [2.75, 3.05) is 31.1 Å². The normalized spacial score (nSPS) is 15.6. The van der Waals surface area contributed by atoms with Crippen molar-refractivity contribution in [1.29, 1.82) is 0 Å². The number of fused-ring (bicyclic) bond motifs is 1. The molecule has 25 heavy (non-hydrogen) atoms. The average Bonchev–Trinajstić information content (AvgIpc) is 3.02. The molecule has 0 spiro atoms. The van der Waals surface area contributed by atoms with E-state index in [1.165, 1.54) is 0 Å². The van der Waals surface area contributed by atoms with E-state index in [1.54, 1.807) is 18.5 Å². The van der Waals surface area contributed by atoms with E-state index < -0.39 is 5.97 Å². The number of rotatable bonds is 4. The number of nitrogens with zero attached hydrogens (tertiary/aromatic N) is 6. The highest BCUT2D eigenvalue weighted by Gasteiger charge is 2.23. The number of hydrogen-bond acceptors (Lipinski definition) is 6. The molecular weight excluding hydrogens is 320 g/mol. The Labute approximate surface area is 144 Å². The van der Waals surface area contributed by atoms with Gasteiger partial charge in [-0.3, -0.25) is 4.90 Å². The summed E-state index contributed by atoms with van der Waals surface area (Å²) in [5.74, 6) is -0.252. The minimum absolute atomic E-state index is 0.125. The van der Waals surface area contributed by atoms with Gasteiger partial charge in [0.2, 0.25) is 5.95 Å². The van der Waals surface area contributed by atoms with Crippen molar-refractivity contribution in [1.82, 2.24) is 24.3 Å². The van der Waals surface area contributed by atoms with Crippen molar-refractivity contribution < 1.29 is 9.90 Å². The lowest BCUT2D eigenvalue weighted by atomic mass is 10.2. The van der Waals surface area contributed by atoms with Gasteiger partial charge < -0.3 is 14.4 Å². The minimum atomic E-state index is -0.991. The molecule has 0 amide bonds. The van der Waals surface area contributed by atoms with Gasteiger partial charge in [0.05, 0.1) is 5.69 Å². The lowest BCUT2D eigenvalue weighted by Gasteiger charge is -2.34. The van der Waals surface area contributed by atoms with Crippen LogP contribution in [0, 0.1) is 0 Å². The van der Waals surface area contributed by atoms with Gasteiger partial charge in [-0.05, 0) is 18.2 Å². The smallest absolute Gasteiger partial charge is 0.356 e. The first-order valence-corrected chi connectivity index (χ1v) is 8.16. The molecule has 0 saturated carbocycles. The zero-order valence-corrected chi connectivity index (χ0v) is 13.6. The molecule has 0 radical (unpaired) electrons. The predicted molar refractivity (Wildman–Crippen MR) is 91.7 cm³/mol. The molecule has 4 heterocycles. The van der Waals surface area contributed by atoms with Gasteiger partial charge in [-0.1, -0.05) is 6.07 Å². The number of hydrogen-bond donors (Lipinski definition) is 1. The van der Waals surface area contributed by atoms with Crippen molar-refractivity contribution in [3.05, 3.63) is 54.2 Å². The average molecular weight is 338 g/mol. The predicted octanol–water partition coefficient (Wildman–Crippen LogP) is 1.14. The first kappa shape index (κ1) is 15.5. The van der Waals surface area contributed by atoms with Gasteiger partial charge in [0.15, 0.2) is 5.69 Å². The Morgan fingerprint density at radius 3 is 2.56 bits per heavy atom. The van der Waals surface area contributed by atoms with Crippen molar-refractivity contribution in [2.45, 2.75) is 6.54 Å². The molecule has 1 aliphatic rings. The van der Waals surface area contributed by atoms with E-state index in [2.05, 4.69) is 24.8 Å². The lowest BCUT2D eigenvalue weighted by molar-refractivity contribution is 0.0688. The molecule has 1 saturated heterocycles. The zero-order chi connectivity index (χ0) is 17.2. The monoisotopic (exact) mass is 338 g/mol. The van der Waals surface area contributed by atoms with Crippen LogP contribution in [0.3, 0.4) is 0 Å². The number of aromatic nitrogens is 4. The third-order valence-corrected chi connectivity index (χ3v) is 4.41. The van der Waals surface area contributed by atoms with E-state index in [4.69, 9.17) is 0 Å². The molecular formula is C17H18N6O2. The molecule has 0 atom stereocenters. The van der Waals surface area contributed by atoms with E-state index in [1.807, 2.05) is 28.8 Å². The molecule has 1 N–H and O–H groups in total. The first-order chi connectivity index (χ1) is 12.2. The number of carbonyl (C=O) groups is 1. The molecule has 128 valence electrons. The van der Waals surface area contributed by atoms with E-state index >= 15 is 0 Å². The molecule has 0 bridgehead atoms. The van der Waals surface area contributed by atoms with Crippen LogP contribution < -0.4 is 4.90 Å². The number of aromatic carboxylic acids is 1. The molecule has 0 aromatic carbocycles. The van der Waals surface area contributed by atoms with E-state index in [9.17, 15) is 9.90 Å². The zero-order valence-electron chi connectivity index (χ0n) is 13.6. The molecule has 0 unspecified atom stereocenters. The number of anilines is 1. The summed E-state index contributed by atoms with van der Waals surface area (Å²) in [6, 6.07) is 7.36. The molecule has 1 aliphatic heterocycles. The summed E-state index contributed by atoms with van der Waals surface area (Å²) >= 11 is 0. The van der Waals surface area contributed by atoms with Crippen LogP contribution in [-0.4, -0.2) is 61.5 Å². The van der Waals surface area contributed by atoms with Crippen molar-refractivity contribution in [3.63, 3.8) is 0 Å². The molecule has 4 rings (SSSR count). The van der Waals surface area contributed by atoms with Crippen molar-refractivity contribution in [3.8, 4) is 0 Å². The van der Waals surface area contributed by atoms with E-state index in [0.29, 0.717) is 17.9 Å². The Bertz CT molecular complexity index is 887. The van der Waals surface area contributed by atoms with Gasteiger partial charge in [0.25, 0.3) is 0 Å². The molecule has 0 aliphatic carbocycles. The molecule has 8 heteroatoms. The highest BCUT2D eigenvalue weighted by Crippen LogP contribution is 2.17. The largest absolute Gasteiger partial charge is 0.476 e.